The van der Waals surface area contributed by atoms with Crippen LogP contribution in [-0.4, -0.2) is 13.1 Å². The molecule has 0 heterocycles. The number of nitrogens with two attached hydrogens (primary N) is 1. The summed E-state index contributed by atoms with van der Waals surface area (Å²) in [5.41, 5.74) is 8.43. The third-order valence-electron chi connectivity index (χ3n) is 3.32. The number of rotatable bonds is 7. The van der Waals surface area contributed by atoms with Crippen molar-refractivity contribution in [3.8, 4) is 0 Å². The van der Waals surface area contributed by atoms with Crippen LogP contribution >= 0.6 is 0 Å². The topological polar surface area (TPSA) is 38.0 Å². The van der Waals surface area contributed by atoms with Gasteiger partial charge in [-0.3, -0.25) is 0 Å². The van der Waals surface area contributed by atoms with Gasteiger partial charge >= 0.3 is 0 Å². The van der Waals surface area contributed by atoms with Crippen LogP contribution in [0.2, 0.25) is 0 Å². The summed E-state index contributed by atoms with van der Waals surface area (Å²) in [4.78, 5) is 0. The average molecular weight is 234 g/mol. The summed E-state index contributed by atoms with van der Waals surface area (Å²) in [6.45, 7) is 9.36. The largest absolute Gasteiger partial charge is 0.330 e. The van der Waals surface area contributed by atoms with E-state index in [1.165, 1.54) is 11.1 Å². The molecular formula is C15H26N2. The zero-order valence-corrected chi connectivity index (χ0v) is 11.4. The maximum absolute atomic E-state index is 5.68. The van der Waals surface area contributed by atoms with Crippen molar-refractivity contribution in [3.05, 3.63) is 35.4 Å². The first-order valence-electron chi connectivity index (χ1n) is 6.67. The second kappa shape index (κ2) is 7.46. The molecule has 96 valence electrons. The van der Waals surface area contributed by atoms with Gasteiger partial charge in [0.05, 0.1) is 0 Å². The molecule has 0 saturated carbocycles. The lowest BCUT2D eigenvalue weighted by molar-refractivity contribution is 0.471. The van der Waals surface area contributed by atoms with Gasteiger partial charge < -0.3 is 11.1 Å². The fraction of sp³-hybridized carbons (Fsp3) is 0.600. The van der Waals surface area contributed by atoms with E-state index in [2.05, 4.69) is 50.4 Å². The first-order chi connectivity index (χ1) is 8.17. The Kier molecular flexibility index (Phi) is 6.23. The molecule has 0 radical (unpaired) electrons. The minimum atomic E-state index is 0.602. The van der Waals surface area contributed by atoms with Crippen molar-refractivity contribution in [1.82, 2.24) is 5.32 Å². The zero-order chi connectivity index (χ0) is 12.7. The van der Waals surface area contributed by atoms with Crippen molar-refractivity contribution in [3.63, 3.8) is 0 Å². The summed E-state index contributed by atoms with van der Waals surface area (Å²) < 4.78 is 0. The van der Waals surface area contributed by atoms with Crippen LogP contribution < -0.4 is 11.1 Å². The maximum Gasteiger partial charge on any atom is 0.0205 e. The molecule has 1 aromatic carbocycles. The van der Waals surface area contributed by atoms with Gasteiger partial charge in [-0.25, -0.2) is 0 Å². The number of nitrogens with one attached hydrogen (secondary N) is 1. The highest BCUT2D eigenvalue weighted by Gasteiger charge is 2.03. The SMILES string of the molecule is CCC(CN)CNCc1ccc(C(C)C)cc1. The summed E-state index contributed by atoms with van der Waals surface area (Å²) in [5.74, 6) is 1.21. The molecule has 1 rings (SSSR count). The van der Waals surface area contributed by atoms with Crippen LogP contribution in [-0.2, 0) is 6.54 Å². The monoisotopic (exact) mass is 234 g/mol. The molecule has 0 amide bonds. The molecule has 2 nitrogen and oxygen atoms in total. The van der Waals surface area contributed by atoms with E-state index in [0.29, 0.717) is 11.8 Å². The molecule has 0 fully saturated rings. The second-order valence-corrected chi connectivity index (χ2v) is 5.04. The van der Waals surface area contributed by atoms with Gasteiger partial charge in [-0.2, -0.15) is 0 Å². The van der Waals surface area contributed by atoms with Crippen LogP contribution in [0.1, 0.15) is 44.2 Å². The molecular weight excluding hydrogens is 208 g/mol. The molecule has 0 aliphatic rings. The van der Waals surface area contributed by atoms with Crippen molar-refractivity contribution in [2.75, 3.05) is 13.1 Å². The first kappa shape index (κ1) is 14.2. The molecule has 17 heavy (non-hydrogen) atoms. The van der Waals surface area contributed by atoms with Gasteiger partial charge in [0.15, 0.2) is 0 Å². The van der Waals surface area contributed by atoms with Gasteiger partial charge in [-0.15, -0.1) is 0 Å². The highest BCUT2D eigenvalue weighted by molar-refractivity contribution is 5.24. The molecule has 0 bridgehead atoms. The van der Waals surface area contributed by atoms with Gasteiger partial charge in [-0.1, -0.05) is 51.5 Å². The van der Waals surface area contributed by atoms with E-state index in [-0.39, 0.29) is 0 Å². The van der Waals surface area contributed by atoms with E-state index in [4.69, 9.17) is 5.73 Å². The summed E-state index contributed by atoms with van der Waals surface area (Å²) in [7, 11) is 0. The zero-order valence-electron chi connectivity index (χ0n) is 11.4. The van der Waals surface area contributed by atoms with Gasteiger partial charge in [0, 0.05) is 6.54 Å². The van der Waals surface area contributed by atoms with E-state index >= 15 is 0 Å². The molecule has 1 aromatic rings. The van der Waals surface area contributed by atoms with Crippen LogP contribution in [0, 0.1) is 5.92 Å². The Morgan fingerprint density at radius 1 is 1.18 bits per heavy atom. The minimum absolute atomic E-state index is 0.602. The third-order valence-corrected chi connectivity index (χ3v) is 3.32. The molecule has 1 unspecified atom stereocenters. The fourth-order valence-corrected chi connectivity index (χ4v) is 1.84. The summed E-state index contributed by atoms with van der Waals surface area (Å²) in [6, 6.07) is 8.88. The minimum Gasteiger partial charge on any atom is -0.330 e. The second-order valence-electron chi connectivity index (χ2n) is 5.04. The lowest BCUT2D eigenvalue weighted by Crippen LogP contribution is -2.27. The van der Waals surface area contributed by atoms with Crippen molar-refractivity contribution < 1.29 is 0 Å². The average Bonchev–Trinajstić information content (AvgIpc) is 2.35. The predicted molar refractivity (Wildman–Crippen MR) is 75.1 cm³/mol. The van der Waals surface area contributed by atoms with Gasteiger partial charge in [0.2, 0.25) is 0 Å². The molecule has 0 aliphatic heterocycles. The molecule has 3 N–H and O–H groups in total. The Hall–Kier alpha value is -0.860. The lowest BCUT2D eigenvalue weighted by atomic mass is 10.0. The number of benzene rings is 1. The van der Waals surface area contributed by atoms with Gasteiger partial charge in [0.25, 0.3) is 0 Å². The Morgan fingerprint density at radius 2 is 1.82 bits per heavy atom. The quantitative estimate of drug-likeness (QED) is 0.761. The normalized spacial score (nSPS) is 13.0. The van der Waals surface area contributed by atoms with E-state index < -0.39 is 0 Å². The smallest absolute Gasteiger partial charge is 0.0205 e. The fourth-order valence-electron chi connectivity index (χ4n) is 1.84. The standard InChI is InChI=1S/C15H26N2/c1-4-13(9-16)10-17-11-14-5-7-15(8-6-14)12(2)3/h5-8,12-13,17H,4,9-11,16H2,1-3H3. The first-order valence-corrected chi connectivity index (χ1v) is 6.67. The van der Waals surface area contributed by atoms with E-state index in [0.717, 1.165) is 26.1 Å². The van der Waals surface area contributed by atoms with Crippen molar-refractivity contribution in [1.29, 1.82) is 0 Å². The van der Waals surface area contributed by atoms with Crippen molar-refractivity contribution in [2.24, 2.45) is 11.7 Å². The molecule has 1 atom stereocenters. The van der Waals surface area contributed by atoms with E-state index in [9.17, 15) is 0 Å². The Balaban J connectivity index is 2.37. The molecule has 0 aromatic heterocycles. The predicted octanol–water partition coefficient (Wildman–Crippen LogP) is 2.88. The van der Waals surface area contributed by atoms with Crippen LogP contribution in [0.5, 0.6) is 0 Å². The molecule has 2 heteroatoms. The van der Waals surface area contributed by atoms with Gasteiger partial charge in [-0.05, 0) is 36.1 Å². The highest BCUT2D eigenvalue weighted by Crippen LogP contribution is 2.14. The number of hydrogen-bond acceptors (Lipinski definition) is 2. The Labute approximate surface area is 106 Å². The number of hydrogen-bond donors (Lipinski definition) is 2. The molecule has 0 aliphatic carbocycles. The van der Waals surface area contributed by atoms with Crippen molar-refractivity contribution >= 4 is 0 Å². The van der Waals surface area contributed by atoms with Crippen LogP contribution in [0.4, 0.5) is 0 Å². The van der Waals surface area contributed by atoms with Crippen LogP contribution in [0.25, 0.3) is 0 Å². The molecule has 0 spiro atoms. The van der Waals surface area contributed by atoms with Crippen LogP contribution in [0.15, 0.2) is 24.3 Å². The van der Waals surface area contributed by atoms with E-state index in [1.54, 1.807) is 0 Å². The Bertz CT molecular complexity index is 299. The third kappa shape index (κ3) is 4.88. The van der Waals surface area contributed by atoms with E-state index in [1.807, 2.05) is 0 Å². The lowest BCUT2D eigenvalue weighted by Gasteiger charge is -2.13. The van der Waals surface area contributed by atoms with Gasteiger partial charge in [0.1, 0.15) is 0 Å². The summed E-state index contributed by atoms with van der Waals surface area (Å²) >= 11 is 0. The van der Waals surface area contributed by atoms with Crippen molar-refractivity contribution in [2.45, 2.75) is 39.7 Å². The maximum atomic E-state index is 5.68. The summed E-state index contributed by atoms with van der Waals surface area (Å²) in [6.07, 6.45) is 1.15. The Morgan fingerprint density at radius 3 is 2.29 bits per heavy atom. The highest BCUT2D eigenvalue weighted by atomic mass is 14.9. The molecule has 0 saturated heterocycles. The van der Waals surface area contributed by atoms with Crippen LogP contribution in [0.3, 0.4) is 0 Å². The summed E-state index contributed by atoms with van der Waals surface area (Å²) in [5, 5.41) is 3.47.